The van der Waals surface area contributed by atoms with Crippen LogP contribution in [0.1, 0.15) is 48.1 Å². The SMILES string of the molecule is CCNC(=O)c1ccccc1Sc1ccc2c(/C=C/c3ccc(CN(CC)CC)cn3)n[nH]c2c1. The van der Waals surface area contributed by atoms with Gasteiger partial charge in [-0.25, -0.2) is 0 Å². The molecular formula is C28H31N5OS. The molecule has 0 aliphatic heterocycles. The van der Waals surface area contributed by atoms with E-state index < -0.39 is 0 Å². The summed E-state index contributed by atoms with van der Waals surface area (Å²) < 4.78 is 0. The van der Waals surface area contributed by atoms with Gasteiger partial charge in [0.15, 0.2) is 0 Å². The first-order valence-electron chi connectivity index (χ1n) is 12.0. The summed E-state index contributed by atoms with van der Waals surface area (Å²) in [6.45, 7) is 9.86. The topological polar surface area (TPSA) is 73.9 Å². The second-order valence-corrected chi connectivity index (χ2v) is 9.28. The van der Waals surface area contributed by atoms with Crippen molar-refractivity contribution in [2.45, 2.75) is 37.1 Å². The minimum absolute atomic E-state index is 0.0552. The normalized spacial score (nSPS) is 11.5. The van der Waals surface area contributed by atoms with Gasteiger partial charge in [0.05, 0.1) is 22.5 Å². The Morgan fingerprint density at radius 2 is 1.89 bits per heavy atom. The lowest BCUT2D eigenvalue weighted by Gasteiger charge is -2.17. The Morgan fingerprint density at radius 1 is 1.06 bits per heavy atom. The molecule has 0 atom stereocenters. The smallest absolute Gasteiger partial charge is 0.252 e. The zero-order chi connectivity index (χ0) is 24.6. The van der Waals surface area contributed by atoms with E-state index in [0.29, 0.717) is 12.1 Å². The molecule has 0 aliphatic rings. The highest BCUT2D eigenvalue weighted by molar-refractivity contribution is 7.99. The van der Waals surface area contributed by atoms with Crippen LogP contribution in [0.2, 0.25) is 0 Å². The molecule has 180 valence electrons. The molecule has 0 radical (unpaired) electrons. The van der Waals surface area contributed by atoms with Crippen molar-refractivity contribution in [3.8, 4) is 0 Å². The van der Waals surface area contributed by atoms with E-state index >= 15 is 0 Å². The Balaban J connectivity index is 1.48. The highest BCUT2D eigenvalue weighted by Gasteiger charge is 2.12. The number of aromatic nitrogens is 3. The van der Waals surface area contributed by atoms with E-state index in [1.165, 1.54) is 5.56 Å². The van der Waals surface area contributed by atoms with Gasteiger partial charge in [0.2, 0.25) is 0 Å². The molecule has 0 unspecified atom stereocenters. The van der Waals surface area contributed by atoms with Crippen molar-refractivity contribution < 1.29 is 4.79 Å². The zero-order valence-electron chi connectivity index (χ0n) is 20.4. The molecule has 4 rings (SSSR count). The molecule has 0 bridgehead atoms. The second kappa shape index (κ2) is 11.8. The lowest BCUT2D eigenvalue weighted by Crippen LogP contribution is -2.23. The molecule has 6 nitrogen and oxygen atoms in total. The lowest BCUT2D eigenvalue weighted by atomic mass is 10.2. The lowest BCUT2D eigenvalue weighted by molar-refractivity contribution is 0.0953. The minimum atomic E-state index is -0.0552. The maximum atomic E-state index is 12.4. The number of fused-ring (bicyclic) bond motifs is 1. The first-order chi connectivity index (χ1) is 17.1. The van der Waals surface area contributed by atoms with Crippen molar-refractivity contribution >= 4 is 40.7 Å². The highest BCUT2D eigenvalue weighted by atomic mass is 32.2. The fourth-order valence-corrected chi connectivity index (χ4v) is 4.82. The fourth-order valence-electron chi connectivity index (χ4n) is 3.83. The molecule has 0 fully saturated rings. The molecule has 0 spiro atoms. The predicted molar refractivity (Wildman–Crippen MR) is 144 cm³/mol. The van der Waals surface area contributed by atoms with Crippen molar-refractivity contribution in [3.63, 3.8) is 0 Å². The first kappa shape index (κ1) is 24.7. The molecule has 2 heterocycles. The summed E-state index contributed by atoms with van der Waals surface area (Å²) in [5, 5.41) is 11.5. The summed E-state index contributed by atoms with van der Waals surface area (Å²) >= 11 is 1.57. The summed E-state index contributed by atoms with van der Waals surface area (Å²) in [7, 11) is 0. The van der Waals surface area contributed by atoms with Gasteiger partial charge < -0.3 is 5.32 Å². The average Bonchev–Trinajstić information content (AvgIpc) is 3.29. The van der Waals surface area contributed by atoms with E-state index in [0.717, 1.165) is 51.7 Å². The van der Waals surface area contributed by atoms with E-state index in [4.69, 9.17) is 0 Å². The first-order valence-corrected chi connectivity index (χ1v) is 12.8. The molecule has 2 N–H and O–H groups in total. The molecule has 0 saturated heterocycles. The molecule has 35 heavy (non-hydrogen) atoms. The van der Waals surface area contributed by atoms with Crippen molar-refractivity contribution in [2.24, 2.45) is 0 Å². The van der Waals surface area contributed by atoms with Crippen LogP contribution in [0.5, 0.6) is 0 Å². The van der Waals surface area contributed by atoms with E-state index in [1.54, 1.807) is 11.8 Å². The van der Waals surface area contributed by atoms with E-state index in [2.05, 4.69) is 63.5 Å². The number of carbonyl (C=O) groups excluding carboxylic acids is 1. The molecule has 0 saturated carbocycles. The third-order valence-electron chi connectivity index (χ3n) is 5.82. The Bertz CT molecular complexity index is 1310. The van der Waals surface area contributed by atoms with Gasteiger partial charge in [0.25, 0.3) is 5.91 Å². The van der Waals surface area contributed by atoms with Crippen molar-refractivity contribution in [1.29, 1.82) is 0 Å². The van der Waals surface area contributed by atoms with Crippen LogP contribution in [0.15, 0.2) is 70.6 Å². The van der Waals surface area contributed by atoms with Gasteiger partial charge in [-0.3, -0.25) is 19.8 Å². The number of amides is 1. The Hall–Kier alpha value is -3.42. The molecule has 2 aromatic carbocycles. The van der Waals surface area contributed by atoms with Crippen LogP contribution < -0.4 is 5.32 Å². The van der Waals surface area contributed by atoms with E-state index in [1.807, 2.05) is 55.6 Å². The second-order valence-electron chi connectivity index (χ2n) is 8.16. The van der Waals surface area contributed by atoms with Crippen LogP contribution in [-0.4, -0.2) is 45.6 Å². The standard InChI is InChI=1S/C28H31N5OS/c1-4-29-28(34)24-9-7-8-10-27(24)35-22-14-15-23-25(31-32-26(23)17-22)16-13-21-12-11-20(18-30-21)19-33(5-2)6-3/h7-18H,4-6,19H2,1-3H3,(H,29,34)(H,31,32)/b16-13+. The monoisotopic (exact) mass is 485 g/mol. The van der Waals surface area contributed by atoms with Crippen molar-refractivity contribution in [2.75, 3.05) is 19.6 Å². The van der Waals surface area contributed by atoms with Crippen LogP contribution in [0.4, 0.5) is 0 Å². The van der Waals surface area contributed by atoms with Gasteiger partial charge in [-0.1, -0.05) is 43.8 Å². The van der Waals surface area contributed by atoms with Crippen LogP contribution in [-0.2, 0) is 6.54 Å². The number of hydrogen-bond acceptors (Lipinski definition) is 5. The number of aromatic amines is 1. The van der Waals surface area contributed by atoms with Gasteiger partial charge in [0.1, 0.15) is 0 Å². The number of carbonyl (C=O) groups is 1. The molecule has 7 heteroatoms. The largest absolute Gasteiger partial charge is 0.352 e. The minimum Gasteiger partial charge on any atom is -0.352 e. The van der Waals surface area contributed by atoms with Gasteiger partial charge in [-0.05, 0) is 74.1 Å². The van der Waals surface area contributed by atoms with Crippen LogP contribution >= 0.6 is 11.8 Å². The van der Waals surface area contributed by atoms with Crippen LogP contribution in [0, 0.1) is 0 Å². The average molecular weight is 486 g/mol. The summed E-state index contributed by atoms with van der Waals surface area (Å²) in [5.41, 5.74) is 4.62. The number of H-pyrrole nitrogens is 1. The summed E-state index contributed by atoms with van der Waals surface area (Å²) in [6, 6.07) is 18.0. The van der Waals surface area contributed by atoms with E-state index in [9.17, 15) is 4.79 Å². The third-order valence-corrected chi connectivity index (χ3v) is 6.89. The zero-order valence-corrected chi connectivity index (χ0v) is 21.2. The van der Waals surface area contributed by atoms with Crippen LogP contribution in [0.25, 0.3) is 23.1 Å². The molecule has 4 aromatic rings. The highest BCUT2D eigenvalue weighted by Crippen LogP contribution is 2.32. The molecular weight excluding hydrogens is 454 g/mol. The maximum absolute atomic E-state index is 12.4. The Labute approximate surface area is 210 Å². The summed E-state index contributed by atoms with van der Waals surface area (Å²) in [4.78, 5) is 21.3. The van der Waals surface area contributed by atoms with Crippen LogP contribution in [0.3, 0.4) is 0 Å². The van der Waals surface area contributed by atoms with Gasteiger partial charge in [0, 0.05) is 34.5 Å². The van der Waals surface area contributed by atoms with Gasteiger partial charge in [-0.2, -0.15) is 5.10 Å². The summed E-state index contributed by atoms with van der Waals surface area (Å²) in [5.74, 6) is -0.0552. The predicted octanol–water partition coefficient (Wildman–Crippen LogP) is 5.87. The number of pyridine rings is 1. The molecule has 2 aromatic heterocycles. The number of benzene rings is 2. The number of rotatable bonds is 10. The number of hydrogen-bond donors (Lipinski definition) is 2. The van der Waals surface area contributed by atoms with Gasteiger partial charge in [-0.15, -0.1) is 0 Å². The van der Waals surface area contributed by atoms with E-state index in [-0.39, 0.29) is 5.91 Å². The number of nitrogens with zero attached hydrogens (tertiary/aromatic N) is 3. The quantitative estimate of drug-likeness (QED) is 0.294. The van der Waals surface area contributed by atoms with Gasteiger partial charge >= 0.3 is 0 Å². The van der Waals surface area contributed by atoms with Crippen molar-refractivity contribution in [1.82, 2.24) is 25.4 Å². The Morgan fingerprint density at radius 3 is 2.63 bits per heavy atom. The number of nitrogens with one attached hydrogen (secondary N) is 2. The maximum Gasteiger partial charge on any atom is 0.252 e. The summed E-state index contributed by atoms with van der Waals surface area (Å²) in [6.07, 6.45) is 5.92. The van der Waals surface area contributed by atoms with Crippen molar-refractivity contribution in [3.05, 3.63) is 83.3 Å². The molecule has 0 aliphatic carbocycles. The third kappa shape index (κ3) is 6.18. The Kier molecular flexibility index (Phi) is 8.34. The molecule has 1 amide bonds. The fraction of sp³-hybridized carbons (Fsp3) is 0.250.